The third-order valence-corrected chi connectivity index (χ3v) is 7.46. The van der Waals surface area contributed by atoms with Crippen LogP contribution in [0.3, 0.4) is 0 Å². The van der Waals surface area contributed by atoms with Crippen molar-refractivity contribution in [3.63, 3.8) is 0 Å². The quantitative estimate of drug-likeness (QED) is 0.688. The molecule has 172 valence electrons. The van der Waals surface area contributed by atoms with Gasteiger partial charge >= 0.3 is 0 Å². The number of hydrogen-bond acceptors (Lipinski definition) is 4. The highest BCUT2D eigenvalue weighted by Crippen LogP contribution is 2.37. The van der Waals surface area contributed by atoms with E-state index in [1.807, 2.05) is 0 Å². The normalized spacial score (nSPS) is 25.1. The molecule has 2 aliphatic heterocycles. The van der Waals surface area contributed by atoms with Crippen LogP contribution in [0.2, 0.25) is 0 Å². The van der Waals surface area contributed by atoms with Crippen molar-refractivity contribution in [3.8, 4) is 5.75 Å². The third-order valence-electron chi connectivity index (χ3n) is 7.46. The standard InChI is InChI=1S/C26H40N2O3/c1-26(2,30)18-25(29)27-21-8-6-19(7-9-21)10-14-28-15-11-20(12-16-28)22-4-3-5-24-23(22)13-17-31-24/h3-5,19-21,30H,6-18H2,1-2H3,(H,27,29). The summed E-state index contributed by atoms with van der Waals surface area (Å²) in [7, 11) is 0. The molecule has 2 fully saturated rings. The Morgan fingerprint density at radius 2 is 1.90 bits per heavy atom. The van der Waals surface area contributed by atoms with Gasteiger partial charge in [0.15, 0.2) is 0 Å². The van der Waals surface area contributed by atoms with Crippen LogP contribution in [0.15, 0.2) is 18.2 Å². The Kier molecular flexibility index (Phi) is 7.22. The Balaban J connectivity index is 1.15. The summed E-state index contributed by atoms with van der Waals surface area (Å²) in [6, 6.07) is 6.90. The van der Waals surface area contributed by atoms with E-state index in [-0.39, 0.29) is 12.3 Å². The molecule has 5 nitrogen and oxygen atoms in total. The maximum atomic E-state index is 12.0. The molecule has 1 aromatic carbocycles. The van der Waals surface area contributed by atoms with Crippen molar-refractivity contribution < 1.29 is 14.6 Å². The summed E-state index contributed by atoms with van der Waals surface area (Å²) in [5.41, 5.74) is 2.08. The first-order chi connectivity index (χ1) is 14.9. The lowest BCUT2D eigenvalue weighted by Crippen LogP contribution is -2.41. The number of aliphatic hydroxyl groups is 1. The monoisotopic (exact) mass is 428 g/mol. The van der Waals surface area contributed by atoms with Crippen LogP contribution < -0.4 is 10.1 Å². The SMILES string of the molecule is CC(C)(O)CC(=O)NC1CCC(CCN2CCC(c3cccc4c3CCO4)CC2)CC1. The lowest BCUT2D eigenvalue weighted by atomic mass is 9.83. The van der Waals surface area contributed by atoms with Crippen LogP contribution in [-0.4, -0.2) is 53.8 Å². The maximum absolute atomic E-state index is 12.0. The summed E-state index contributed by atoms with van der Waals surface area (Å²) in [6.07, 6.45) is 9.63. The van der Waals surface area contributed by atoms with Gasteiger partial charge in [-0.3, -0.25) is 4.79 Å². The number of likely N-dealkylation sites (tertiary alicyclic amines) is 1. The van der Waals surface area contributed by atoms with Gasteiger partial charge < -0.3 is 20.1 Å². The number of rotatable bonds is 7. The second-order valence-electron chi connectivity index (χ2n) is 10.6. The Labute approximate surface area is 187 Å². The molecule has 3 aliphatic rings. The number of hydrogen-bond donors (Lipinski definition) is 2. The van der Waals surface area contributed by atoms with Crippen LogP contribution in [0.25, 0.3) is 0 Å². The van der Waals surface area contributed by atoms with Gasteiger partial charge in [0.1, 0.15) is 5.75 Å². The Morgan fingerprint density at radius 1 is 1.16 bits per heavy atom. The average Bonchev–Trinajstić information content (AvgIpc) is 3.21. The minimum absolute atomic E-state index is 0.0190. The van der Waals surface area contributed by atoms with Crippen LogP contribution in [-0.2, 0) is 11.2 Å². The fourth-order valence-electron chi connectivity index (χ4n) is 5.73. The van der Waals surface area contributed by atoms with E-state index in [1.165, 1.54) is 57.3 Å². The molecule has 2 N–H and O–H groups in total. The van der Waals surface area contributed by atoms with Crippen molar-refractivity contribution in [1.29, 1.82) is 0 Å². The van der Waals surface area contributed by atoms with Crippen LogP contribution in [0.4, 0.5) is 0 Å². The van der Waals surface area contributed by atoms with Crippen LogP contribution in [0, 0.1) is 5.92 Å². The fourth-order valence-corrected chi connectivity index (χ4v) is 5.73. The summed E-state index contributed by atoms with van der Waals surface area (Å²) in [6.45, 7) is 7.84. The van der Waals surface area contributed by atoms with Crippen LogP contribution >= 0.6 is 0 Å². The van der Waals surface area contributed by atoms with Crippen molar-refractivity contribution in [2.75, 3.05) is 26.2 Å². The molecule has 1 saturated carbocycles. The molecule has 31 heavy (non-hydrogen) atoms. The van der Waals surface area contributed by atoms with E-state index in [0.717, 1.165) is 37.5 Å². The molecule has 4 rings (SSSR count). The number of ether oxygens (including phenoxy) is 1. The van der Waals surface area contributed by atoms with Gasteiger partial charge in [-0.1, -0.05) is 12.1 Å². The zero-order valence-corrected chi connectivity index (χ0v) is 19.4. The van der Waals surface area contributed by atoms with Gasteiger partial charge in [0.25, 0.3) is 0 Å². The van der Waals surface area contributed by atoms with Crippen LogP contribution in [0.1, 0.15) is 82.3 Å². The number of fused-ring (bicyclic) bond motifs is 1. The number of piperidine rings is 1. The lowest BCUT2D eigenvalue weighted by Gasteiger charge is -2.35. The Bertz CT molecular complexity index is 742. The summed E-state index contributed by atoms with van der Waals surface area (Å²) < 4.78 is 5.76. The smallest absolute Gasteiger partial charge is 0.223 e. The summed E-state index contributed by atoms with van der Waals surface area (Å²) in [5, 5.41) is 12.9. The van der Waals surface area contributed by atoms with Crippen molar-refractivity contribution in [2.45, 2.75) is 89.2 Å². The predicted molar refractivity (Wildman–Crippen MR) is 123 cm³/mol. The predicted octanol–water partition coefficient (Wildman–Crippen LogP) is 4.03. The number of nitrogens with one attached hydrogen (secondary N) is 1. The summed E-state index contributed by atoms with van der Waals surface area (Å²) in [5.74, 6) is 2.58. The van der Waals surface area contributed by atoms with E-state index in [2.05, 4.69) is 28.4 Å². The molecule has 0 spiro atoms. The molecular formula is C26H40N2O3. The van der Waals surface area contributed by atoms with Crippen LogP contribution in [0.5, 0.6) is 5.75 Å². The summed E-state index contributed by atoms with van der Waals surface area (Å²) in [4.78, 5) is 14.7. The zero-order valence-electron chi connectivity index (χ0n) is 19.4. The first-order valence-corrected chi connectivity index (χ1v) is 12.4. The first-order valence-electron chi connectivity index (χ1n) is 12.4. The molecule has 0 atom stereocenters. The van der Waals surface area contributed by atoms with E-state index in [9.17, 15) is 9.90 Å². The molecule has 0 aromatic heterocycles. The largest absolute Gasteiger partial charge is 0.493 e. The molecule has 0 bridgehead atoms. The molecular weight excluding hydrogens is 388 g/mol. The van der Waals surface area contributed by atoms with E-state index >= 15 is 0 Å². The van der Waals surface area contributed by atoms with Gasteiger partial charge in [-0.25, -0.2) is 0 Å². The van der Waals surface area contributed by atoms with Gasteiger partial charge in [0.2, 0.25) is 5.91 Å². The molecule has 1 amide bonds. The number of amides is 1. The van der Waals surface area contributed by atoms with E-state index in [0.29, 0.717) is 12.0 Å². The number of carbonyl (C=O) groups is 1. The number of carbonyl (C=O) groups excluding carboxylic acids is 1. The van der Waals surface area contributed by atoms with Gasteiger partial charge in [-0.05, 0) is 102 Å². The highest BCUT2D eigenvalue weighted by Gasteiger charge is 2.28. The molecule has 1 saturated heterocycles. The van der Waals surface area contributed by atoms with E-state index in [1.54, 1.807) is 19.4 Å². The van der Waals surface area contributed by atoms with Gasteiger partial charge in [0, 0.05) is 18.0 Å². The molecule has 1 aliphatic carbocycles. The van der Waals surface area contributed by atoms with Crippen molar-refractivity contribution >= 4 is 5.91 Å². The van der Waals surface area contributed by atoms with Crippen molar-refractivity contribution in [1.82, 2.24) is 10.2 Å². The first kappa shape index (κ1) is 22.6. The minimum atomic E-state index is -0.928. The molecule has 5 heteroatoms. The van der Waals surface area contributed by atoms with E-state index in [4.69, 9.17) is 4.74 Å². The zero-order chi connectivity index (χ0) is 21.8. The Morgan fingerprint density at radius 3 is 2.61 bits per heavy atom. The maximum Gasteiger partial charge on any atom is 0.223 e. The van der Waals surface area contributed by atoms with Crippen molar-refractivity contribution in [3.05, 3.63) is 29.3 Å². The summed E-state index contributed by atoms with van der Waals surface area (Å²) >= 11 is 0. The number of benzene rings is 1. The third kappa shape index (κ3) is 6.23. The topological polar surface area (TPSA) is 61.8 Å². The molecule has 0 unspecified atom stereocenters. The second-order valence-corrected chi connectivity index (χ2v) is 10.6. The fraction of sp³-hybridized carbons (Fsp3) is 0.731. The number of nitrogens with zero attached hydrogens (tertiary/aromatic N) is 1. The Hall–Kier alpha value is -1.59. The highest BCUT2D eigenvalue weighted by atomic mass is 16.5. The van der Waals surface area contributed by atoms with E-state index < -0.39 is 5.60 Å². The average molecular weight is 429 g/mol. The van der Waals surface area contributed by atoms with Gasteiger partial charge in [0.05, 0.1) is 18.6 Å². The highest BCUT2D eigenvalue weighted by molar-refractivity contribution is 5.77. The molecule has 0 radical (unpaired) electrons. The molecule has 2 heterocycles. The lowest BCUT2D eigenvalue weighted by molar-refractivity contribution is -0.125. The van der Waals surface area contributed by atoms with Gasteiger partial charge in [-0.2, -0.15) is 0 Å². The minimum Gasteiger partial charge on any atom is -0.493 e. The second kappa shape index (κ2) is 9.91. The van der Waals surface area contributed by atoms with Crippen molar-refractivity contribution in [2.24, 2.45) is 5.92 Å². The van der Waals surface area contributed by atoms with Gasteiger partial charge in [-0.15, -0.1) is 0 Å². The molecule has 1 aromatic rings.